The number of aromatic carboxylic acids is 1. The minimum atomic E-state index is -3.18. The number of carboxylic acids is 1. The number of pyridine rings is 1. The SMILES string of the molecule is CC(F)(F)c1cc2nccc(C(=O)[O-])c2o1.[Li+]. The molecule has 0 saturated heterocycles. The van der Waals surface area contributed by atoms with Gasteiger partial charge in [0, 0.05) is 24.8 Å². The minimum absolute atomic E-state index is 0. The first-order valence-corrected chi connectivity index (χ1v) is 4.38. The summed E-state index contributed by atoms with van der Waals surface area (Å²) in [5.74, 6) is -5.29. The molecular formula is C10H6F2LiNO3. The molecule has 2 aromatic heterocycles. The van der Waals surface area contributed by atoms with Crippen molar-refractivity contribution in [3.05, 3.63) is 29.7 Å². The van der Waals surface area contributed by atoms with Gasteiger partial charge in [-0.2, -0.15) is 8.78 Å². The van der Waals surface area contributed by atoms with Crippen LogP contribution in [0.4, 0.5) is 8.78 Å². The molecule has 0 radical (unpaired) electrons. The van der Waals surface area contributed by atoms with Crippen LogP contribution in [-0.4, -0.2) is 11.0 Å². The maximum atomic E-state index is 12.9. The standard InChI is InChI=1S/C10H7F2NO3.Li/c1-10(11,12)7-4-6-8(16-7)5(9(14)15)2-3-13-6;/h2-4H,1H3,(H,14,15);/q;+1/p-1. The molecule has 2 rings (SSSR count). The Bertz CT molecular complexity index is 562. The van der Waals surface area contributed by atoms with Crippen molar-refractivity contribution in [2.45, 2.75) is 12.8 Å². The van der Waals surface area contributed by atoms with E-state index in [2.05, 4.69) is 4.98 Å². The number of alkyl halides is 2. The van der Waals surface area contributed by atoms with Crippen molar-refractivity contribution < 1.29 is 42.0 Å². The normalized spacial score (nSPS) is 11.2. The van der Waals surface area contributed by atoms with Crippen LogP contribution in [0.3, 0.4) is 0 Å². The van der Waals surface area contributed by atoms with Crippen molar-refractivity contribution in [3.63, 3.8) is 0 Å². The summed E-state index contributed by atoms with van der Waals surface area (Å²) < 4.78 is 30.7. The number of nitrogens with zero attached hydrogens (tertiary/aromatic N) is 1. The Morgan fingerprint density at radius 2 is 2.18 bits per heavy atom. The van der Waals surface area contributed by atoms with Crippen molar-refractivity contribution >= 4 is 17.1 Å². The van der Waals surface area contributed by atoms with Gasteiger partial charge in [-0.15, -0.1) is 0 Å². The van der Waals surface area contributed by atoms with E-state index in [-0.39, 0.29) is 35.5 Å². The Morgan fingerprint density at radius 1 is 1.53 bits per heavy atom. The van der Waals surface area contributed by atoms with E-state index in [0.717, 1.165) is 12.1 Å². The van der Waals surface area contributed by atoms with Crippen molar-refractivity contribution in [1.29, 1.82) is 0 Å². The second kappa shape index (κ2) is 4.47. The van der Waals surface area contributed by atoms with E-state index in [1.54, 1.807) is 0 Å². The van der Waals surface area contributed by atoms with Gasteiger partial charge in [0.05, 0.1) is 5.97 Å². The van der Waals surface area contributed by atoms with Gasteiger partial charge in [0.1, 0.15) is 5.52 Å². The molecule has 7 heteroatoms. The first-order chi connectivity index (χ1) is 7.39. The molecular weight excluding hydrogens is 227 g/mol. The summed E-state index contributed by atoms with van der Waals surface area (Å²) in [5.41, 5.74) is -0.419. The molecule has 17 heavy (non-hydrogen) atoms. The van der Waals surface area contributed by atoms with Gasteiger partial charge in [-0.25, -0.2) is 0 Å². The van der Waals surface area contributed by atoms with Gasteiger partial charge in [-0.3, -0.25) is 4.98 Å². The predicted octanol–water partition coefficient (Wildman–Crippen LogP) is -1.69. The zero-order chi connectivity index (χ0) is 11.9. The van der Waals surface area contributed by atoms with Crippen LogP contribution < -0.4 is 24.0 Å². The van der Waals surface area contributed by atoms with Gasteiger partial charge < -0.3 is 14.3 Å². The van der Waals surface area contributed by atoms with Gasteiger partial charge in [0.25, 0.3) is 0 Å². The number of hydrogen-bond donors (Lipinski definition) is 0. The quantitative estimate of drug-likeness (QED) is 0.580. The average molecular weight is 233 g/mol. The van der Waals surface area contributed by atoms with Crippen molar-refractivity contribution in [2.75, 3.05) is 0 Å². The summed E-state index contributed by atoms with van der Waals surface area (Å²) in [5, 5.41) is 10.7. The monoisotopic (exact) mass is 233 g/mol. The molecule has 0 atom stereocenters. The number of carboxylic acid groups (broad SMARTS) is 1. The van der Waals surface area contributed by atoms with Crippen LogP contribution in [0.15, 0.2) is 22.7 Å². The second-order valence-corrected chi connectivity index (χ2v) is 3.36. The predicted molar refractivity (Wildman–Crippen MR) is 47.9 cm³/mol. The third kappa shape index (κ3) is 2.48. The Morgan fingerprint density at radius 3 is 2.71 bits per heavy atom. The molecule has 0 bridgehead atoms. The fourth-order valence-corrected chi connectivity index (χ4v) is 1.32. The Hall–Kier alpha value is -1.38. The fourth-order valence-electron chi connectivity index (χ4n) is 1.32. The number of carbonyl (C=O) groups excluding carboxylic acids is 1. The van der Waals surface area contributed by atoms with Gasteiger partial charge in [-0.05, 0) is 6.07 Å². The summed E-state index contributed by atoms with van der Waals surface area (Å²) in [7, 11) is 0. The third-order valence-corrected chi connectivity index (χ3v) is 2.06. The maximum Gasteiger partial charge on any atom is 1.00 e. The molecule has 4 nitrogen and oxygen atoms in total. The van der Waals surface area contributed by atoms with Gasteiger partial charge in [0.15, 0.2) is 11.3 Å². The Balaban J connectivity index is 0.00000144. The fraction of sp³-hybridized carbons (Fsp3) is 0.200. The van der Waals surface area contributed by atoms with Crippen molar-refractivity contribution in [2.24, 2.45) is 0 Å². The van der Waals surface area contributed by atoms with Crippen LogP contribution in [0.25, 0.3) is 11.1 Å². The second-order valence-electron chi connectivity index (χ2n) is 3.36. The smallest absolute Gasteiger partial charge is 0.545 e. The number of halogens is 2. The number of aromatic nitrogens is 1. The van der Waals surface area contributed by atoms with Crippen LogP contribution in [0, 0.1) is 0 Å². The molecule has 0 aliphatic rings. The minimum Gasteiger partial charge on any atom is -0.545 e. The van der Waals surface area contributed by atoms with E-state index >= 15 is 0 Å². The first-order valence-electron chi connectivity index (χ1n) is 4.38. The number of fused-ring (bicyclic) bond motifs is 1. The number of hydrogen-bond acceptors (Lipinski definition) is 4. The van der Waals surface area contributed by atoms with Crippen LogP contribution in [0.2, 0.25) is 0 Å². The van der Waals surface area contributed by atoms with Gasteiger partial charge >= 0.3 is 24.8 Å². The third-order valence-electron chi connectivity index (χ3n) is 2.06. The zero-order valence-electron chi connectivity index (χ0n) is 9.16. The molecule has 0 aliphatic carbocycles. The molecule has 0 fully saturated rings. The van der Waals surface area contributed by atoms with Crippen LogP contribution >= 0.6 is 0 Å². The molecule has 84 valence electrons. The van der Waals surface area contributed by atoms with Crippen LogP contribution in [0.1, 0.15) is 23.0 Å². The largest absolute Gasteiger partial charge is 1.00 e. The van der Waals surface area contributed by atoms with E-state index in [0.29, 0.717) is 6.92 Å². The topological polar surface area (TPSA) is 66.2 Å². The summed E-state index contributed by atoms with van der Waals surface area (Å²) in [6.45, 7) is 0.656. The molecule has 0 amide bonds. The summed E-state index contributed by atoms with van der Waals surface area (Å²) in [6.07, 6.45) is 1.20. The average Bonchev–Trinajstić information content (AvgIpc) is 2.59. The molecule has 0 spiro atoms. The van der Waals surface area contributed by atoms with E-state index in [1.807, 2.05) is 0 Å². The molecule has 0 N–H and O–H groups in total. The van der Waals surface area contributed by atoms with E-state index in [4.69, 9.17) is 4.42 Å². The molecule has 2 aromatic rings. The summed E-state index contributed by atoms with van der Waals surface area (Å²) in [4.78, 5) is 14.4. The maximum absolute atomic E-state index is 12.9. The molecule has 0 aromatic carbocycles. The zero-order valence-corrected chi connectivity index (χ0v) is 9.16. The number of rotatable bonds is 2. The number of furan rings is 1. The van der Waals surface area contributed by atoms with E-state index < -0.39 is 17.7 Å². The molecule has 2 heterocycles. The van der Waals surface area contributed by atoms with Gasteiger partial charge in [-0.1, -0.05) is 0 Å². The molecule has 0 aliphatic heterocycles. The van der Waals surface area contributed by atoms with Crippen molar-refractivity contribution in [3.8, 4) is 0 Å². The number of carbonyl (C=O) groups is 1. The summed E-state index contributed by atoms with van der Waals surface area (Å²) >= 11 is 0. The van der Waals surface area contributed by atoms with Crippen LogP contribution in [0.5, 0.6) is 0 Å². The van der Waals surface area contributed by atoms with Crippen LogP contribution in [-0.2, 0) is 5.92 Å². The molecule has 0 saturated carbocycles. The Kier molecular flexibility index (Phi) is 3.60. The first kappa shape index (κ1) is 13.7. The Labute approximate surface area is 107 Å². The molecule has 0 unspecified atom stereocenters. The summed E-state index contributed by atoms with van der Waals surface area (Å²) in [6, 6.07) is 2.15. The van der Waals surface area contributed by atoms with Crippen molar-refractivity contribution in [1.82, 2.24) is 4.98 Å². The van der Waals surface area contributed by atoms with E-state index in [9.17, 15) is 18.7 Å². The van der Waals surface area contributed by atoms with E-state index in [1.165, 1.54) is 6.20 Å². The van der Waals surface area contributed by atoms with Gasteiger partial charge in [0.2, 0.25) is 0 Å².